The Morgan fingerprint density at radius 3 is 2.62 bits per heavy atom. The van der Waals surface area contributed by atoms with Crippen LogP contribution in [0.2, 0.25) is 0 Å². The summed E-state index contributed by atoms with van der Waals surface area (Å²) in [4.78, 5) is 10.7. The Balaban J connectivity index is 1.96. The first-order chi connectivity index (χ1) is 12.3. The lowest BCUT2D eigenvalue weighted by molar-refractivity contribution is -0.384. The minimum absolute atomic E-state index is 0.00256. The van der Waals surface area contributed by atoms with Gasteiger partial charge in [-0.3, -0.25) is 14.8 Å². The number of sulfonamides is 1. The van der Waals surface area contributed by atoms with E-state index >= 15 is 0 Å². The molecule has 0 spiro atoms. The first-order valence-corrected chi connectivity index (χ1v) is 9.99. The Morgan fingerprint density at radius 2 is 2.04 bits per heavy atom. The molecule has 2 aromatic rings. The van der Waals surface area contributed by atoms with Gasteiger partial charge in [-0.15, -0.1) is 0 Å². The number of benzene rings is 1. The fraction of sp³-hybridized carbons (Fsp3) is 0.471. The molecule has 1 heterocycles. The molecule has 0 atom stereocenters. The monoisotopic (exact) mass is 378 g/mol. The minimum Gasteiger partial charge on any atom is -0.264 e. The van der Waals surface area contributed by atoms with Crippen LogP contribution in [0.25, 0.3) is 0 Å². The topological polar surface area (TPSA) is 98.3 Å². The van der Waals surface area contributed by atoms with E-state index in [0.717, 1.165) is 12.8 Å². The van der Waals surface area contributed by atoms with Crippen LogP contribution in [0.5, 0.6) is 0 Å². The second-order valence-electron chi connectivity index (χ2n) is 6.52. The van der Waals surface area contributed by atoms with Crippen LogP contribution < -0.4 is 0 Å². The van der Waals surface area contributed by atoms with Gasteiger partial charge in [0.25, 0.3) is 5.69 Å². The molecule has 1 aliphatic carbocycles. The van der Waals surface area contributed by atoms with Crippen LogP contribution in [0.1, 0.15) is 36.7 Å². The molecule has 0 N–H and O–H groups in total. The molecule has 3 rings (SSSR count). The number of rotatable bonds is 7. The molecular formula is C17H22N4O4S. The maximum atomic E-state index is 13.1. The van der Waals surface area contributed by atoms with E-state index in [1.807, 2.05) is 6.92 Å². The SMILES string of the molecule is CCN(C1CC1)S(=O)(=O)c1c(C)nn(Cc2cccc([N+](=O)[O-])c2)c1C. The fourth-order valence-electron chi connectivity index (χ4n) is 3.25. The zero-order valence-corrected chi connectivity index (χ0v) is 15.9. The second kappa shape index (κ2) is 6.81. The summed E-state index contributed by atoms with van der Waals surface area (Å²) in [5, 5.41) is 15.3. The van der Waals surface area contributed by atoms with E-state index in [-0.39, 0.29) is 23.2 Å². The molecule has 140 valence electrons. The normalized spacial score (nSPS) is 14.8. The van der Waals surface area contributed by atoms with Crippen molar-refractivity contribution < 1.29 is 13.3 Å². The Hall–Kier alpha value is -2.26. The Bertz CT molecular complexity index is 948. The smallest absolute Gasteiger partial charge is 0.264 e. The molecule has 1 saturated carbocycles. The van der Waals surface area contributed by atoms with Crippen molar-refractivity contribution in [3.63, 3.8) is 0 Å². The maximum Gasteiger partial charge on any atom is 0.269 e. The first kappa shape index (κ1) is 18.5. The quantitative estimate of drug-likeness (QED) is 0.545. The van der Waals surface area contributed by atoms with Crippen molar-refractivity contribution in [2.24, 2.45) is 0 Å². The van der Waals surface area contributed by atoms with E-state index in [9.17, 15) is 18.5 Å². The number of nitro groups is 1. The molecule has 9 heteroatoms. The summed E-state index contributed by atoms with van der Waals surface area (Å²) in [6.07, 6.45) is 1.79. The molecule has 1 aromatic carbocycles. The van der Waals surface area contributed by atoms with Crippen LogP contribution in [0.4, 0.5) is 5.69 Å². The molecule has 0 amide bonds. The van der Waals surface area contributed by atoms with Crippen molar-refractivity contribution in [3.8, 4) is 0 Å². The Labute approximate surface area is 152 Å². The highest BCUT2D eigenvalue weighted by atomic mass is 32.2. The van der Waals surface area contributed by atoms with Crippen LogP contribution in [-0.4, -0.2) is 40.0 Å². The van der Waals surface area contributed by atoms with E-state index in [4.69, 9.17) is 0 Å². The lowest BCUT2D eigenvalue weighted by Crippen LogP contribution is -2.33. The maximum absolute atomic E-state index is 13.1. The Kier molecular flexibility index (Phi) is 4.85. The zero-order chi connectivity index (χ0) is 19.1. The number of nitrogens with zero attached hydrogens (tertiary/aromatic N) is 4. The molecule has 0 radical (unpaired) electrons. The molecule has 8 nitrogen and oxygen atoms in total. The third kappa shape index (κ3) is 3.36. The first-order valence-electron chi connectivity index (χ1n) is 8.55. The number of aromatic nitrogens is 2. The van der Waals surface area contributed by atoms with Crippen LogP contribution in [0.15, 0.2) is 29.2 Å². The van der Waals surface area contributed by atoms with Gasteiger partial charge in [0.1, 0.15) is 4.90 Å². The average Bonchev–Trinajstić information content (AvgIpc) is 3.34. The van der Waals surface area contributed by atoms with Gasteiger partial charge in [0, 0.05) is 24.7 Å². The van der Waals surface area contributed by atoms with Crippen LogP contribution in [-0.2, 0) is 16.6 Å². The molecule has 1 aromatic heterocycles. The van der Waals surface area contributed by atoms with Gasteiger partial charge >= 0.3 is 0 Å². The highest BCUT2D eigenvalue weighted by molar-refractivity contribution is 7.89. The summed E-state index contributed by atoms with van der Waals surface area (Å²) >= 11 is 0. The minimum atomic E-state index is -3.60. The van der Waals surface area contributed by atoms with Crippen molar-refractivity contribution in [2.75, 3.05) is 6.54 Å². The van der Waals surface area contributed by atoms with Gasteiger partial charge in [-0.05, 0) is 32.3 Å². The van der Waals surface area contributed by atoms with Crippen molar-refractivity contribution in [2.45, 2.75) is 51.1 Å². The lowest BCUT2D eigenvalue weighted by Gasteiger charge is -2.20. The summed E-state index contributed by atoms with van der Waals surface area (Å²) < 4.78 is 29.3. The van der Waals surface area contributed by atoms with E-state index in [0.29, 0.717) is 23.5 Å². The highest BCUT2D eigenvalue weighted by Crippen LogP contribution is 2.33. The molecule has 1 fully saturated rings. The molecule has 0 bridgehead atoms. The van der Waals surface area contributed by atoms with Gasteiger partial charge in [0.05, 0.1) is 22.9 Å². The summed E-state index contributed by atoms with van der Waals surface area (Å²) in [7, 11) is -3.60. The summed E-state index contributed by atoms with van der Waals surface area (Å²) in [5.74, 6) is 0. The lowest BCUT2D eigenvalue weighted by atomic mass is 10.2. The van der Waals surface area contributed by atoms with Gasteiger partial charge in [-0.2, -0.15) is 9.40 Å². The molecular weight excluding hydrogens is 356 g/mol. The third-order valence-corrected chi connectivity index (χ3v) is 6.88. The average molecular weight is 378 g/mol. The largest absolute Gasteiger partial charge is 0.269 e. The standard InChI is InChI=1S/C17H22N4O4S/c1-4-20(15-8-9-15)26(24,25)17-12(2)18-19(13(17)3)11-14-6-5-7-16(10-14)21(22)23/h5-7,10,15H,4,8-9,11H2,1-3H3. The van der Waals surface area contributed by atoms with Crippen molar-refractivity contribution in [1.29, 1.82) is 0 Å². The van der Waals surface area contributed by atoms with Crippen molar-refractivity contribution in [3.05, 3.63) is 51.3 Å². The molecule has 1 aliphatic rings. The number of nitro benzene ring substituents is 1. The van der Waals surface area contributed by atoms with Crippen LogP contribution >= 0.6 is 0 Å². The fourth-order valence-corrected chi connectivity index (χ4v) is 5.32. The Morgan fingerprint density at radius 1 is 1.35 bits per heavy atom. The summed E-state index contributed by atoms with van der Waals surface area (Å²) in [6.45, 7) is 5.96. The number of non-ortho nitro benzene ring substituents is 1. The predicted octanol–water partition coefficient (Wildman–Crippen LogP) is 2.63. The van der Waals surface area contributed by atoms with Crippen molar-refractivity contribution >= 4 is 15.7 Å². The van der Waals surface area contributed by atoms with Crippen molar-refractivity contribution in [1.82, 2.24) is 14.1 Å². The number of aryl methyl sites for hydroxylation is 1. The second-order valence-corrected chi connectivity index (χ2v) is 8.35. The van der Waals surface area contributed by atoms with E-state index in [2.05, 4.69) is 5.10 Å². The summed E-state index contributed by atoms with van der Waals surface area (Å²) in [6, 6.07) is 6.37. The van der Waals surface area contributed by atoms with Gasteiger partial charge in [-0.25, -0.2) is 8.42 Å². The third-order valence-electron chi connectivity index (χ3n) is 4.60. The van der Waals surface area contributed by atoms with Gasteiger partial charge in [0.2, 0.25) is 10.0 Å². The van der Waals surface area contributed by atoms with E-state index < -0.39 is 14.9 Å². The van der Waals surface area contributed by atoms with Gasteiger partial charge < -0.3 is 0 Å². The number of hydrogen-bond donors (Lipinski definition) is 0. The highest BCUT2D eigenvalue weighted by Gasteiger charge is 2.39. The van der Waals surface area contributed by atoms with Crippen LogP contribution in [0, 0.1) is 24.0 Å². The van der Waals surface area contributed by atoms with E-state index in [1.165, 1.54) is 12.1 Å². The molecule has 26 heavy (non-hydrogen) atoms. The van der Waals surface area contributed by atoms with Crippen LogP contribution in [0.3, 0.4) is 0 Å². The molecule has 0 unspecified atom stereocenters. The molecule has 0 aliphatic heterocycles. The van der Waals surface area contributed by atoms with E-state index in [1.54, 1.807) is 35.0 Å². The summed E-state index contributed by atoms with van der Waals surface area (Å²) in [5.41, 5.74) is 1.70. The van der Waals surface area contributed by atoms with Gasteiger partial charge in [0.15, 0.2) is 0 Å². The molecule has 0 saturated heterocycles. The van der Waals surface area contributed by atoms with Gasteiger partial charge in [-0.1, -0.05) is 19.1 Å². The predicted molar refractivity (Wildman–Crippen MR) is 96.5 cm³/mol. The zero-order valence-electron chi connectivity index (χ0n) is 15.0. The number of hydrogen-bond acceptors (Lipinski definition) is 5.